The maximum Gasteiger partial charge on any atom is 0.354 e. The lowest BCUT2D eigenvalue weighted by Gasteiger charge is -2.18. The van der Waals surface area contributed by atoms with Crippen LogP contribution in [0, 0.1) is 0 Å². The monoisotopic (exact) mass is 241 g/mol. The number of carboxylic acid groups (broad SMARTS) is 1. The van der Waals surface area contributed by atoms with Gasteiger partial charge >= 0.3 is 5.97 Å². The highest BCUT2D eigenvalue weighted by atomic mass is 16.4. The van der Waals surface area contributed by atoms with Crippen LogP contribution >= 0.6 is 0 Å². The van der Waals surface area contributed by atoms with E-state index < -0.39 is 5.97 Å². The summed E-state index contributed by atoms with van der Waals surface area (Å²) >= 11 is 0. The minimum Gasteiger partial charge on any atom is -0.477 e. The minimum atomic E-state index is -1.04. The predicted octanol–water partition coefficient (Wildman–Crippen LogP) is 1.87. The van der Waals surface area contributed by atoms with E-state index in [4.69, 9.17) is 5.11 Å². The van der Waals surface area contributed by atoms with Gasteiger partial charge in [0, 0.05) is 18.3 Å². The average molecular weight is 241 g/mol. The molecule has 1 aliphatic heterocycles. The number of fused-ring (bicyclic) bond motifs is 1. The highest BCUT2D eigenvalue weighted by Gasteiger charge is 2.21. The molecule has 0 atom stereocenters. The molecule has 0 amide bonds. The zero-order valence-corrected chi connectivity index (χ0v) is 9.58. The molecule has 90 valence electrons. The molecule has 0 bridgehead atoms. The first kappa shape index (κ1) is 10.7. The lowest BCUT2D eigenvalue weighted by molar-refractivity contribution is 0.0690. The Kier molecular flexibility index (Phi) is 2.44. The quantitative estimate of drug-likeness (QED) is 0.869. The standard InChI is InChI=1S/C13H11N3O2/c17-13(18)10-7-12(15-8-14-10)16-6-5-9-3-1-2-4-11(9)16/h1-4,7-8H,5-6H2,(H,17,18). The van der Waals surface area contributed by atoms with Crippen LogP contribution in [0.4, 0.5) is 11.5 Å². The van der Waals surface area contributed by atoms with Crippen molar-refractivity contribution in [3.63, 3.8) is 0 Å². The molecular formula is C13H11N3O2. The number of hydrogen-bond acceptors (Lipinski definition) is 4. The van der Waals surface area contributed by atoms with Crippen molar-refractivity contribution in [2.24, 2.45) is 0 Å². The molecule has 0 spiro atoms. The first-order valence-corrected chi connectivity index (χ1v) is 5.66. The molecule has 5 heteroatoms. The summed E-state index contributed by atoms with van der Waals surface area (Å²) < 4.78 is 0. The molecule has 0 radical (unpaired) electrons. The zero-order chi connectivity index (χ0) is 12.5. The molecule has 5 nitrogen and oxygen atoms in total. The maximum atomic E-state index is 10.9. The topological polar surface area (TPSA) is 66.3 Å². The number of carbonyl (C=O) groups is 1. The van der Waals surface area contributed by atoms with Crippen LogP contribution in [0.25, 0.3) is 0 Å². The molecule has 1 aromatic heterocycles. The van der Waals surface area contributed by atoms with Crippen molar-refractivity contribution in [2.75, 3.05) is 11.4 Å². The van der Waals surface area contributed by atoms with Crippen LogP contribution in [-0.4, -0.2) is 27.6 Å². The van der Waals surface area contributed by atoms with Crippen LogP contribution < -0.4 is 4.90 Å². The van der Waals surface area contributed by atoms with Gasteiger partial charge in [0.1, 0.15) is 12.1 Å². The van der Waals surface area contributed by atoms with Crippen molar-refractivity contribution < 1.29 is 9.90 Å². The number of carboxylic acids is 1. The number of nitrogens with zero attached hydrogens (tertiary/aromatic N) is 3. The number of para-hydroxylation sites is 1. The highest BCUT2D eigenvalue weighted by molar-refractivity contribution is 5.86. The van der Waals surface area contributed by atoms with Gasteiger partial charge in [0.05, 0.1) is 0 Å². The Balaban J connectivity index is 2.02. The summed E-state index contributed by atoms with van der Waals surface area (Å²) in [6.07, 6.45) is 2.24. The van der Waals surface area contributed by atoms with E-state index in [0.29, 0.717) is 5.82 Å². The molecule has 2 heterocycles. The summed E-state index contributed by atoms with van der Waals surface area (Å²) in [7, 11) is 0. The second kappa shape index (κ2) is 4.10. The maximum absolute atomic E-state index is 10.9. The molecule has 1 aliphatic rings. The predicted molar refractivity (Wildman–Crippen MR) is 66.1 cm³/mol. The van der Waals surface area contributed by atoms with Gasteiger partial charge in [-0.25, -0.2) is 14.8 Å². The van der Waals surface area contributed by atoms with Crippen molar-refractivity contribution in [3.05, 3.63) is 47.9 Å². The number of aromatic nitrogens is 2. The normalized spacial score (nSPS) is 13.4. The van der Waals surface area contributed by atoms with Crippen molar-refractivity contribution in [1.82, 2.24) is 9.97 Å². The van der Waals surface area contributed by atoms with Gasteiger partial charge in [0.2, 0.25) is 0 Å². The van der Waals surface area contributed by atoms with Crippen molar-refractivity contribution in [2.45, 2.75) is 6.42 Å². The van der Waals surface area contributed by atoms with Crippen LogP contribution in [0.15, 0.2) is 36.7 Å². The molecule has 18 heavy (non-hydrogen) atoms. The fourth-order valence-electron chi connectivity index (χ4n) is 2.19. The smallest absolute Gasteiger partial charge is 0.354 e. The van der Waals surface area contributed by atoms with E-state index in [1.807, 2.05) is 23.1 Å². The van der Waals surface area contributed by atoms with E-state index >= 15 is 0 Å². The Hall–Kier alpha value is -2.43. The summed E-state index contributed by atoms with van der Waals surface area (Å²) in [6.45, 7) is 0.815. The Bertz CT molecular complexity index is 613. The third-order valence-electron chi connectivity index (χ3n) is 3.04. The number of rotatable bonds is 2. The van der Waals surface area contributed by atoms with E-state index in [1.54, 1.807) is 0 Å². The van der Waals surface area contributed by atoms with Crippen molar-refractivity contribution in [1.29, 1.82) is 0 Å². The van der Waals surface area contributed by atoms with Gasteiger partial charge < -0.3 is 10.0 Å². The average Bonchev–Trinajstić information content (AvgIpc) is 2.82. The Labute approximate surface area is 104 Å². The van der Waals surface area contributed by atoms with E-state index in [9.17, 15) is 4.79 Å². The molecule has 0 aliphatic carbocycles. The first-order valence-electron chi connectivity index (χ1n) is 5.66. The second-order valence-corrected chi connectivity index (χ2v) is 4.10. The first-order chi connectivity index (χ1) is 8.75. The van der Waals surface area contributed by atoms with Crippen LogP contribution in [0.1, 0.15) is 16.1 Å². The molecular weight excluding hydrogens is 230 g/mol. The van der Waals surface area contributed by atoms with Crippen LogP contribution in [0.3, 0.4) is 0 Å². The minimum absolute atomic E-state index is 0.0179. The SMILES string of the molecule is O=C(O)c1cc(N2CCc3ccccc32)ncn1. The molecule has 2 aromatic rings. The van der Waals surface area contributed by atoms with Crippen molar-refractivity contribution in [3.8, 4) is 0 Å². The van der Waals surface area contributed by atoms with Gasteiger partial charge in [0.25, 0.3) is 0 Å². The summed E-state index contributed by atoms with van der Waals surface area (Å²) in [5.41, 5.74) is 2.37. The van der Waals surface area contributed by atoms with Gasteiger partial charge in [-0.15, -0.1) is 0 Å². The van der Waals surface area contributed by atoms with E-state index in [1.165, 1.54) is 18.0 Å². The third-order valence-corrected chi connectivity index (χ3v) is 3.04. The van der Waals surface area contributed by atoms with Crippen LogP contribution in [0.2, 0.25) is 0 Å². The van der Waals surface area contributed by atoms with Crippen LogP contribution in [-0.2, 0) is 6.42 Å². The zero-order valence-electron chi connectivity index (χ0n) is 9.58. The Morgan fingerprint density at radius 2 is 2.11 bits per heavy atom. The van der Waals surface area contributed by atoms with Gasteiger partial charge in [-0.1, -0.05) is 18.2 Å². The number of hydrogen-bond donors (Lipinski definition) is 1. The van der Waals surface area contributed by atoms with E-state index in [0.717, 1.165) is 18.7 Å². The van der Waals surface area contributed by atoms with Gasteiger partial charge in [0.15, 0.2) is 5.69 Å². The highest BCUT2D eigenvalue weighted by Crippen LogP contribution is 2.32. The molecule has 0 saturated heterocycles. The Morgan fingerprint density at radius 3 is 2.94 bits per heavy atom. The lowest BCUT2D eigenvalue weighted by atomic mass is 10.2. The molecule has 1 aromatic carbocycles. The summed E-state index contributed by atoms with van der Waals surface area (Å²) in [6, 6.07) is 9.57. The summed E-state index contributed by atoms with van der Waals surface area (Å²) in [5.74, 6) is -0.404. The van der Waals surface area contributed by atoms with Gasteiger partial charge in [-0.3, -0.25) is 0 Å². The third kappa shape index (κ3) is 1.69. The summed E-state index contributed by atoms with van der Waals surface area (Å²) in [5, 5.41) is 8.94. The number of anilines is 2. The van der Waals surface area contributed by atoms with Gasteiger partial charge in [-0.2, -0.15) is 0 Å². The molecule has 0 saturated carbocycles. The lowest BCUT2D eigenvalue weighted by Crippen LogP contribution is -2.16. The van der Waals surface area contributed by atoms with Crippen molar-refractivity contribution >= 4 is 17.5 Å². The Morgan fingerprint density at radius 1 is 1.28 bits per heavy atom. The second-order valence-electron chi connectivity index (χ2n) is 4.10. The number of benzene rings is 1. The number of aromatic carboxylic acids is 1. The molecule has 3 rings (SSSR count). The van der Waals surface area contributed by atoms with Crippen LogP contribution in [0.5, 0.6) is 0 Å². The molecule has 0 unspecified atom stereocenters. The summed E-state index contributed by atoms with van der Waals surface area (Å²) in [4.78, 5) is 20.8. The fraction of sp³-hybridized carbons (Fsp3) is 0.154. The largest absolute Gasteiger partial charge is 0.477 e. The van der Waals surface area contributed by atoms with E-state index in [2.05, 4.69) is 16.0 Å². The molecule has 0 fully saturated rings. The molecule has 1 N–H and O–H groups in total. The van der Waals surface area contributed by atoms with E-state index in [-0.39, 0.29) is 5.69 Å². The fourth-order valence-corrected chi connectivity index (χ4v) is 2.19. The van der Waals surface area contributed by atoms with Gasteiger partial charge in [-0.05, 0) is 18.1 Å².